The lowest BCUT2D eigenvalue weighted by atomic mass is 10.1. The van der Waals surface area contributed by atoms with Crippen molar-refractivity contribution in [2.24, 2.45) is 7.05 Å². The van der Waals surface area contributed by atoms with E-state index in [2.05, 4.69) is 26.3 Å². The van der Waals surface area contributed by atoms with Crippen molar-refractivity contribution in [2.45, 2.75) is 32.2 Å². The van der Waals surface area contributed by atoms with E-state index in [1.54, 1.807) is 6.26 Å². The number of β-amino-alcohol motifs (C(OH)–C–C–N with tert-alkyl or cyclic N) is 1. The van der Waals surface area contributed by atoms with Crippen molar-refractivity contribution in [3.05, 3.63) is 42.4 Å². The molecule has 1 fully saturated rings. The lowest BCUT2D eigenvalue weighted by molar-refractivity contribution is -0.0108. The quantitative estimate of drug-likeness (QED) is 0.771. The zero-order valence-electron chi connectivity index (χ0n) is 15.0. The number of piperazine rings is 1. The number of nitrogens with zero attached hydrogens (tertiary/aromatic N) is 4. The number of hydrogen-bond acceptors (Lipinski definition) is 6. The first-order valence-electron chi connectivity index (χ1n) is 8.82. The average Bonchev–Trinajstić information content (AvgIpc) is 3.22. The van der Waals surface area contributed by atoms with Crippen LogP contribution in [0.1, 0.15) is 18.5 Å². The summed E-state index contributed by atoms with van der Waals surface area (Å²) in [5.74, 6) is 1.87. The van der Waals surface area contributed by atoms with Crippen LogP contribution in [0.5, 0.6) is 0 Å². The first-order chi connectivity index (χ1) is 12.1. The fraction of sp³-hybridized carbons (Fsp3) is 0.611. The highest BCUT2D eigenvalue weighted by molar-refractivity contribution is 4.96. The Balaban J connectivity index is 1.37. The van der Waals surface area contributed by atoms with E-state index in [0.717, 1.165) is 37.8 Å². The van der Waals surface area contributed by atoms with Crippen LogP contribution in [0.2, 0.25) is 0 Å². The lowest BCUT2D eigenvalue weighted by Gasteiger charge is -2.40. The second kappa shape index (κ2) is 8.62. The van der Waals surface area contributed by atoms with Gasteiger partial charge in [-0.25, -0.2) is 4.98 Å². The Morgan fingerprint density at radius 3 is 3.00 bits per heavy atom. The molecule has 0 amide bonds. The third-order valence-corrected chi connectivity index (χ3v) is 4.72. The summed E-state index contributed by atoms with van der Waals surface area (Å²) in [5, 5.41) is 10.2. The molecule has 1 N–H and O–H groups in total. The minimum atomic E-state index is -0.483. The second-order valence-corrected chi connectivity index (χ2v) is 6.78. The molecule has 0 aliphatic carbocycles. The van der Waals surface area contributed by atoms with E-state index in [1.165, 1.54) is 0 Å². The van der Waals surface area contributed by atoms with Gasteiger partial charge in [-0.15, -0.1) is 0 Å². The smallest absolute Gasteiger partial charge is 0.129 e. The topological polar surface area (TPSA) is 66.9 Å². The molecule has 3 heterocycles. The van der Waals surface area contributed by atoms with Gasteiger partial charge in [0.05, 0.1) is 25.5 Å². The summed E-state index contributed by atoms with van der Waals surface area (Å²) in [6.07, 6.45) is 4.97. The van der Waals surface area contributed by atoms with Gasteiger partial charge in [-0.05, 0) is 19.1 Å². The van der Waals surface area contributed by atoms with E-state index in [0.29, 0.717) is 25.8 Å². The van der Waals surface area contributed by atoms with Gasteiger partial charge in [0.25, 0.3) is 0 Å². The molecule has 7 nitrogen and oxygen atoms in total. The Labute approximate surface area is 148 Å². The number of aliphatic hydroxyl groups excluding tert-OH is 1. The maximum Gasteiger partial charge on any atom is 0.129 e. The van der Waals surface area contributed by atoms with Crippen LogP contribution in [-0.2, 0) is 24.9 Å². The predicted molar refractivity (Wildman–Crippen MR) is 93.9 cm³/mol. The van der Waals surface area contributed by atoms with Gasteiger partial charge in [-0.3, -0.25) is 9.80 Å². The highest BCUT2D eigenvalue weighted by Crippen LogP contribution is 2.13. The molecular weight excluding hydrogens is 320 g/mol. The molecule has 138 valence electrons. The number of aryl methyl sites for hydroxylation is 1. The van der Waals surface area contributed by atoms with E-state index in [4.69, 9.17) is 9.15 Å². The Kier molecular flexibility index (Phi) is 6.25. The molecule has 0 aromatic carbocycles. The van der Waals surface area contributed by atoms with Crippen molar-refractivity contribution < 1.29 is 14.3 Å². The van der Waals surface area contributed by atoms with Crippen molar-refractivity contribution in [2.75, 3.05) is 32.8 Å². The largest absolute Gasteiger partial charge is 0.467 e. The van der Waals surface area contributed by atoms with Crippen LogP contribution < -0.4 is 0 Å². The monoisotopic (exact) mass is 348 g/mol. The Morgan fingerprint density at radius 1 is 1.44 bits per heavy atom. The minimum Gasteiger partial charge on any atom is -0.467 e. The van der Waals surface area contributed by atoms with Gasteiger partial charge in [0, 0.05) is 51.7 Å². The minimum absolute atomic E-state index is 0.322. The first-order valence-corrected chi connectivity index (χ1v) is 8.82. The van der Waals surface area contributed by atoms with Crippen LogP contribution >= 0.6 is 0 Å². The summed E-state index contributed by atoms with van der Waals surface area (Å²) in [6, 6.07) is 4.14. The molecule has 0 bridgehead atoms. The highest BCUT2D eigenvalue weighted by atomic mass is 16.5. The summed E-state index contributed by atoms with van der Waals surface area (Å²) in [5.41, 5.74) is 0. The summed E-state index contributed by atoms with van der Waals surface area (Å²) in [7, 11) is 2.03. The van der Waals surface area contributed by atoms with E-state index < -0.39 is 6.10 Å². The van der Waals surface area contributed by atoms with Gasteiger partial charge >= 0.3 is 0 Å². The summed E-state index contributed by atoms with van der Waals surface area (Å²) in [4.78, 5) is 9.16. The molecular formula is C18H28N4O3. The molecule has 1 aliphatic heterocycles. The molecule has 25 heavy (non-hydrogen) atoms. The zero-order valence-corrected chi connectivity index (χ0v) is 15.0. The maximum absolute atomic E-state index is 10.2. The molecule has 2 aromatic rings. The molecule has 1 saturated heterocycles. The van der Waals surface area contributed by atoms with Crippen LogP contribution in [0.25, 0.3) is 0 Å². The number of aliphatic hydroxyl groups is 1. The standard InChI is InChI=1S/C18H28N4O3/c1-15-10-21(7-8-22(15)12-18-19-5-6-20(18)2)11-16(23)13-24-14-17-4-3-9-25-17/h3-6,9,15-16,23H,7-8,10-14H2,1-2H3/t15-,16-/m1/s1. The van der Waals surface area contributed by atoms with Crippen LogP contribution in [0.3, 0.4) is 0 Å². The third-order valence-electron chi connectivity index (χ3n) is 4.72. The predicted octanol–water partition coefficient (Wildman–Crippen LogP) is 1.10. The normalized spacial score (nSPS) is 20.8. The molecule has 2 atom stereocenters. The maximum atomic E-state index is 10.2. The molecule has 3 rings (SSSR count). The van der Waals surface area contributed by atoms with Gasteiger partial charge in [0.15, 0.2) is 0 Å². The van der Waals surface area contributed by atoms with Gasteiger partial charge in [0.2, 0.25) is 0 Å². The molecule has 0 unspecified atom stereocenters. The van der Waals surface area contributed by atoms with E-state index in [1.807, 2.05) is 31.6 Å². The van der Waals surface area contributed by atoms with Gasteiger partial charge < -0.3 is 18.8 Å². The van der Waals surface area contributed by atoms with Crippen LogP contribution in [-0.4, -0.2) is 69.4 Å². The number of aromatic nitrogens is 2. The molecule has 1 aliphatic rings. The van der Waals surface area contributed by atoms with Crippen LogP contribution in [0.4, 0.5) is 0 Å². The Morgan fingerprint density at radius 2 is 2.32 bits per heavy atom. The fourth-order valence-electron chi connectivity index (χ4n) is 3.24. The van der Waals surface area contributed by atoms with Crippen LogP contribution in [0, 0.1) is 0 Å². The number of furan rings is 1. The Bertz CT molecular complexity index is 628. The van der Waals surface area contributed by atoms with Gasteiger partial charge in [-0.1, -0.05) is 0 Å². The van der Waals surface area contributed by atoms with E-state index >= 15 is 0 Å². The SMILES string of the molecule is C[C@@H]1CN(C[C@@H](O)COCc2ccco2)CCN1Cc1nccn1C. The number of rotatable bonds is 8. The Hall–Kier alpha value is -1.67. The fourth-order valence-corrected chi connectivity index (χ4v) is 3.24. The number of ether oxygens (including phenoxy) is 1. The lowest BCUT2D eigenvalue weighted by Crippen LogP contribution is -2.53. The van der Waals surface area contributed by atoms with Crippen LogP contribution in [0.15, 0.2) is 35.2 Å². The van der Waals surface area contributed by atoms with Crippen molar-refractivity contribution in [1.82, 2.24) is 19.4 Å². The zero-order chi connectivity index (χ0) is 17.6. The molecule has 0 spiro atoms. The number of imidazole rings is 1. The van der Waals surface area contributed by atoms with Gasteiger partial charge in [0.1, 0.15) is 18.2 Å². The van der Waals surface area contributed by atoms with Gasteiger partial charge in [-0.2, -0.15) is 0 Å². The molecule has 7 heteroatoms. The average molecular weight is 348 g/mol. The van der Waals surface area contributed by atoms with E-state index in [-0.39, 0.29) is 0 Å². The third kappa shape index (κ3) is 5.15. The van der Waals surface area contributed by atoms with E-state index in [9.17, 15) is 5.11 Å². The van der Waals surface area contributed by atoms with Crippen molar-refractivity contribution >= 4 is 0 Å². The van der Waals surface area contributed by atoms with Crippen molar-refractivity contribution in [3.63, 3.8) is 0 Å². The first kappa shape index (κ1) is 18.1. The van der Waals surface area contributed by atoms with Crippen molar-refractivity contribution in [1.29, 1.82) is 0 Å². The molecule has 0 saturated carbocycles. The summed E-state index contributed by atoms with van der Waals surface area (Å²) in [6.45, 7) is 7.33. The highest BCUT2D eigenvalue weighted by Gasteiger charge is 2.25. The second-order valence-electron chi connectivity index (χ2n) is 6.78. The molecule has 2 aromatic heterocycles. The van der Waals surface area contributed by atoms with Crippen molar-refractivity contribution in [3.8, 4) is 0 Å². The number of hydrogen-bond donors (Lipinski definition) is 1. The summed E-state index contributed by atoms with van der Waals surface area (Å²) < 4.78 is 12.8. The molecule has 0 radical (unpaired) electrons. The summed E-state index contributed by atoms with van der Waals surface area (Å²) >= 11 is 0.